The first-order valence-electron chi connectivity index (χ1n) is 7.33. The Hall–Kier alpha value is -1.26. The molecule has 0 aliphatic carbocycles. The first kappa shape index (κ1) is 15.1. The lowest BCUT2D eigenvalue weighted by molar-refractivity contribution is 0.112. The molecule has 1 heterocycles. The lowest BCUT2D eigenvalue weighted by Crippen LogP contribution is -2.43. The van der Waals surface area contributed by atoms with Crippen LogP contribution < -0.4 is 15.2 Å². The molecular weight excluding hydrogens is 252 g/mol. The fourth-order valence-electron chi connectivity index (χ4n) is 2.97. The molecule has 0 aromatic heterocycles. The van der Waals surface area contributed by atoms with E-state index in [0.29, 0.717) is 12.0 Å². The van der Waals surface area contributed by atoms with E-state index in [1.807, 2.05) is 12.1 Å². The maximum atomic E-state index is 5.83. The van der Waals surface area contributed by atoms with Gasteiger partial charge >= 0.3 is 0 Å². The van der Waals surface area contributed by atoms with E-state index < -0.39 is 0 Å². The zero-order chi connectivity index (χ0) is 14.5. The van der Waals surface area contributed by atoms with Gasteiger partial charge in [0.1, 0.15) is 0 Å². The summed E-state index contributed by atoms with van der Waals surface area (Å²) in [5.74, 6) is 2.25. The normalized spacial score (nSPS) is 23.6. The minimum atomic E-state index is 0.591. The van der Waals surface area contributed by atoms with Crippen molar-refractivity contribution in [2.24, 2.45) is 11.7 Å². The van der Waals surface area contributed by atoms with Gasteiger partial charge in [-0.1, -0.05) is 12.1 Å². The largest absolute Gasteiger partial charge is 0.493 e. The third-order valence-corrected chi connectivity index (χ3v) is 4.30. The van der Waals surface area contributed by atoms with E-state index in [2.05, 4.69) is 17.9 Å². The Morgan fingerprint density at radius 2 is 2.05 bits per heavy atom. The van der Waals surface area contributed by atoms with Crippen LogP contribution in [-0.4, -0.2) is 38.3 Å². The molecule has 20 heavy (non-hydrogen) atoms. The Bertz CT molecular complexity index is 436. The Labute approximate surface area is 121 Å². The molecule has 2 rings (SSSR count). The third kappa shape index (κ3) is 3.25. The number of hydrogen-bond acceptors (Lipinski definition) is 4. The maximum absolute atomic E-state index is 5.83. The van der Waals surface area contributed by atoms with E-state index in [4.69, 9.17) is 15.2 Å². The number of ether oxygens (including phenoxy) is 2. The summed E-state index contributed by atoms with van der Waals surface area (Å²) in [6.07, 6.45) is 2.46. The van der Waals surface area contributed by atoms with E-state index in [-0.39, 0.29) is 0 Å². The van der Waals surface area contributed by atoms with E-state index in [9.17, 15) is 0 Å². The van der Waals surface area contributed by atoms with Gasteiger partial charge in [0.05, 0.1) is 14.2 Å². The highest BCUT2D eigenvalue weighted by atomic mass is 16.5. The molecular formula is C16H26N2O2. The fraction of sp³-hybridized carbons (Fsp3) is 0.625. The summed E-state index contributed by atoms with van der Waals surface area (Å²) in [6, 6.07) is 6.66. The maximum Gasteiger partial charge on any atom is 0.165 e. The number of rotatable bonds is 5. The van der Waals surface area contributed by atoms with Gasteiger partial charge in [-0.05, 0) is 38.3 Å². The molecule has 4 heteroatoms. The van der Waals surface area contributed by atoms with E-state index in [0.717, 1.165) is 31.1 Å². The smallest absolute Gasteiger partial charge is 0.165 e. The van der Waals surface area contributed by atoms with Gasteiger partial charge in [0.25, 0.3) is 0 Å². The number of nitrogens with two attached hydrogens (primary N) is 1. The number of nitrogens with zero attached hydrogens (tertiary/aromatic N) is 1. The van der Waals surface area contributed by atoms with Gasteiger partial charge in [0.15, 0.2) is 11.5 Å². The van der Waals surface area contributed by atoms with Crippen LogP contribution in [0.1, 0.15) is 25.3 Å². The van der Waals surface area contributed by atoms with Crippen LogP contribution in [0, 0.1) is 5.92 Å². The lowest BCUT2D eigenvalue weighted by atomic mass is 9.93. The van der Waals surface area contributed by atoms with Crippen LogP contribution in [0.15, 0.2) is 18.2 Å². The van der Waals surface area contributed by atoms with Crippen molar-refractivity contribution in [2.75, 3.05) is 27.3 Å². The van der Waals surface area contributed by atoms with Crippen molar-refractivity contribution in [3.05, 3.63) is 23.8 Å². The number of piperidine rings is 1. The summed E-state index contributed by atoms with van der Waals surface area (Å²) in [5.41, 5.74) is 7.01. The highest BCUT2D eigenvalue weighted by Gasteiger charge is 2.25. The molecule has 1 fully saturated rings. The average Bonchev–Trinajstić information content (AvgIpc) is 2.49. The second-order valence-electron chi connectivity index (χ2n) is 5.61. The zero-order valence-electron chi connectivity index (χ0n) is 12.8. The van der Waals surface area contributed by atoms with Crippen molar-refractivity contribution in [3.8, 4) is 11.5 Å². The first-order valence-corrected chi connectivity index (χ1v) is 7.33. The first-order chi connectivity index (χ1) is 9.69. The molecule has 4 nitrogen and oxygen atoms in total. The van der Waals surface area contributed by atoms with E-state index in [1.165, 1.54) is 18.4 Å². The van der Waals surface area contributed by atoms with Crippen molar-refractivity contribution < 1.29 is 9.47 Å². The van der Waals surface area contributed by atoms with Gasteiger partial charge in [0, 0.05) is 24.7 Å². The summed E-state index contributed by atoms with van der Waals surface area (Å²) in [7, 11) is 3.37. The van der Waals surface area contributed by atoms with Crippen molar-refractivity contribution in [3.63, 3.8) is 0 Å². The molecule has 2 atom stereocenters. The summed E-state index contributed by atoms with van der Waals surface area (Å²) >= 11 is 0. The van der Waals surface area contributed by atoms with Crippen molar-refractivity contribution in [1.29, 1.82) is 0 Å². The molecule has 1 aromatic rings. The second kappa shape index (κ2) is 6.95. The van der Waals surface area contributed by atoms with Crippen LogP contribution >= 0.6 is 0 Å². The third-order valence-electron chi connectivity index (χ3n) is 4.30. The van der Waals surface area contributed by atoms with E-state index >= 15 is 0 Å². The topological polar surface area (TPSA) is 47.7 Å². The van der Waals surface area contributed by atoms with Crippen molar-refractivity contribution >= 4 is 0 Å². The highest BCUT2D eigenvalue weighted by Crippen LogP contribution is 2.33. The summed E-state index contributed by atoms with van der Waals surface area (Å²) in [4.78, 5) is 2.50. The van der Waals surface area contributed by atoms with Gasteiger partial charge < -0.3 is 15.2 Å². The SMILES string of the molecule is COc1cccc(CN2CC(CN)CCC2C)c1OC. The van der Waals surface area contributed by atoms with Crippen LogP contribution in [-0.2, 0) is 6.54 Å². The minimum Gasteiger partial charge on any atom is -0.493 e. The predicted molar refractivity (Wildman–Crippen MR) is 81.2 cm³/mol. The van der Waals surface area contributed by atoms with Gasteiger partial charge in [-0.15, -0.1) is 0 Å². The zero-order valence-corrected chi connectivity index (χ0v) is 12.8. The molecule has 0 radical (unpaired) electrons. The van der Waals surface area contributed by atoms with Gasteiger partial charge in [0.2, 0.25) is 0 Å². The molecule has 1 aliphatic rings. The standard InChI is InChI=1S/C16H26N2O2/c1-12-7-8-13(9-17)10-18(12)11-14-5-4-6-15(19-2)16(14)20-3/h4-6,12-13H,7-11,17H2,1-3H3. The predicted octanol–water partition coefficient (Wildman–Crippen LogP) is 2.26. The molecule has 2 N–H and O–H groups in total. The number of likely N-dealkylation sites (tertiary alicyclic amines) is 1. The van der Waals surface area contributed by atoms with Gasteiger partial charge in [-0.2, -0.15) is 0 Å². The van der Waals surface area contributed by atoms with Gasteiger partial charge in [-0.25, -0.2) is 0 Å². The van der Waals surface area contributed by atoms with Crippen molar-refractivity contribution in [1.82, 2.24) is 4.90 Å². The summed E-state index contributed by atoms with van der Waals surface area (Å²) < 4.78 is 10.9. The van der Waals surface area contributed by atoms with E-state index in [1.54, 1.807) is 14.2 Å². The Morgan fingerprint density at radius 1 is 1.25 bits per heavy atom. The monoisotopic (exact) mass is 278 g/mol. The molecule has 112 valence electrons. The molecule has 0 amide bonds. The van der Waals surface area contributed by atoms with Gasteiger partial charge in [-0.3, -0.25) is 4.90 Å². The van der Waals surface area contributed by atoms with Crippen LogP contribution in [0.25, 0.3) is 0 Å². The van der Waals surface area contributed by atoms with Crippen LogP contribution in [0.2, 0.25) is 0 Å². The average molecular weight is 278 g/mol. The molecule has 0 spiro atoms. The number of hydrogen-bond donors (Lipinski definition) is 1. The van der Waals surface area contributed by atoms with Crippen molar-refractivity contribution in [2.45, 2.75) is 32.4 Å². The molecule has 1 aliphatic heterocycles. The summed E-state index contributed by atoms with van der Waals surface area (Å²) in [5, 5.41) is 0. The summed E-state index contributed by atoms with van der Waals surface area (Å²) in [6.45, 7) is 5.02. The molecule has 2 unspecified atom stereocenters. The number of methoxy groups -OCH3 is 2. The Kier molecular flexibility index (Phi) is 5.26. The Morgan fingerprint density at radius 3 is 2.70 bits per heavy atom. The molecule has 1 saturated heterocycles. The fourth-order valence-corrected chi connectivity index (χ4v) is 2.97. The second-order valence-corrected chi connectivity index (χ2v) is 5.61. The molecule has 0 bridgehead atoms. The Balaban J connectivity index is 2.16. The van der Waals surface area contributed by atoms with Crippen LogP contribution in [0.4, 0.5) is 0 Å². The van der Waals surface area contributed by atoms with Crippen LogP contribution in [0.5, 0.6) is 11.5 Å². The van der Waals surface area contributed by atoms with Crippen LogP contribution in [0.3, 0.4) is 0 Å². The quantitative estimate of drug-likeness (QED) is 0.897. The molecule has 1 aromatic carbocycles. The highest BCUT2D eigenvalue weighted by molar-refractivity contribution is 5.46. The number of para-hydroxylation sites is 1. The lowest BCUT2D eigenvalue weighted by Gasteiger charge is -2.38. The number of benzene rings is 1. The minimum absolute atomic E-state index is 0.591. The molecule has 0 saturated carbocycles.